The summed E-state index contributed by atoms with van der Waals surface area (Å²) in [5, 5.41) is 9.18. The van der Waals surface area contributed by atoms with Gasteiger partial charge in [-0.2, -0.15) is 0 Å². The molecule has 8 heteroatoms. The number of aromatic nitrogens is 2. The van der Waals surface area contributed by atoms with Gasteiger partial charge < -0.3 is 15.0 Å². The Balaban J connectivity index is 1.85. The van der Waals surface area contributed by atoms with E-state index in [4.69, 9.17) is 11.6 Å². The second-order valence-electron chi connectivity index (χ2n) is 4.96. The molecule has 0 atom stereocenters. The van der Waals surface area contributed by atoms with Gasteiger partial charge in [0, 0.05) is 7.05 Å². The lowest BCUT2D eigenvalue weighted by Crippen LogP contribution is -2.25. The number of carbonyl (C=O) groups is 2. The molecule has 2 aromatic heterocycles. The van der Waals surface area contributed by atoms with E-state index < -0.39 is 5.97 Å². The minimum Gasteiger partial charge on any atom is -0.478 e. The van der Waals surface area contributed by atoms with Gasteiger partial charge in [-0.25, -0.2) is 9.78 Å². The van der Waals surface area contributed by atoms with E-state index in [1.54, 1.807) is 31.3 Å². The average molecular weight is 350 g/mol. The van der Waals surface area contributed by atoms with E-state index in [2.05, 4.69) is 9.97 Å². The van der Waals surface area contributed by atoms with Gasteiger partial charge in [0.1, 0.15) is 11.3 Å². The lowest BCUT2D eigenvalue weighted by Gasteiger charge is -2.14. The lowest BCUT2D eigenvalue weighted by molar-refractivity contribution is 0.0697. The Labute approximate surface area is 140 Å². The van der Waals surface area contributed by atoms with Crippen molar-refractivity contribution in [3.63, 3.8) is 0 Å². The molecular formula is C15H12ClN3O3S. The number of rotatable bonds is 4. The van der Waals surface area contributed by atoms with E-state index in [0.29, 0.717) is 26.1 Å². The summed E-state index contributed by atoms with van der Waals surface area (Å²) >= 11 is 7.06. The fourth-order valence-electron chi connectivity index (χ4n) is 2.24. The van der Waals surface area contributed by atoms with E-state index in [1.807, 2.05) is 0 Å². The molecule has 0 bridgehead atoms. The molecule has 6 nitrogen and oxygen atoms in total. The molecule has 23 heavy (non-hydrogen) atoms. The zero-order valence-electron chi connectivity index (χ0n) is 12.0. The first-order chi connectivity index (χ1) is 11.0. The summed E-state index contributed by atoms with van der Waals surface area (Å²) in [7, 11) is 1.65. The van der Waals surface area contributed by atoms with Crippen LogP contribution in [0.2, 0.25) is 4.34 Å². The number of thiophene rings is 1. The molecule has 2 heterocycles. The summed E-state index contributed by atoms with van der Waals surface area (Å²) < 4.78 is 0.552. The Morgan fingerprint density at radius 2 is 2.13 bits per heavy atom. The largest absolute Gasteiger partial charge is 0.478 e. The monoisotopic (exact) mass is 349 g/mol. The SMILES string of the molecule is CN(Cc1nc2c(C(=O)O)cccc2[nH]1)C(=O)c1ccc(Cl)s1. The Morgan fingerprint density at radius 3 is 2.78 bits per heavy atom. The van der Waals surface area contributed by atoms with Crippen LogP contribution in [0.4, 0.5) is 0 Å². The Hall–Kier alpha value is -2.38. The number of hydrogen-bond acceptors (Lipinski definition) is 4. The van der Waals surface area contributed by atoms with Gasteiger partial charge in [0.25, 0.3) is 5.91 Å². The topological polar surface area (TPSA) is 86.3 Å². The molecule has 0 radical (unpaired) electrons. The number of para-hydroxylation sites is 1. The summed E-state index contributed by atoms with van der Waals surface area (Å²) in [5.74, 6) is -0.681. The minimum atomic E-state index is -1.04. The van der Waals surface area contributed by atoms with Crippen LogP contribution in [-0.2, 0) is 6.54 Å². The molecule has 118 valence electrons. The first-order valence-electron chi connectivity index (χ1n) is 6.67. The average Bonchev–Trinajstić information content (AvgIpc) is 3.11. The fraction of sp³-hybridized carbons (Fsp3) is 0.133. The molecule has 0 saturated carbocycles. The van der Waals surface area contributed by atoms with E-state index >= 15 is 0 Å². The van der Waals surface area contributed by atoms with Crippen molar-refractivity contribution in [2.75, 3.05) is 7.05 Å². The fourth-order valence-corrected chi connectivity index (χ4v) is 3.28. The zero-order valence-corrected chi connectivity index (χ0v) is 13.6. The second-order valence-corrected chi connectivity index (χ2v) is 6.67. The van der Waals surface area contributed by atoms with Crippen molar-refractivity contribution >= 4 is 45.8 Å². The Morgan fingerprint density at radius 1 is 1.35 bits per heavy atom. The van der Waals surface area contributed by atoms with Gasteiger partial charge in [0.15, 0.2) is 0 Å². The number of nitrogens with zero attached hydrogens (tertiary/aromatic N) is 2. The quantitative estimate of drug-likeness (QED) is 0.757. The highest BCUT2D eigenvalue weighted by molar-refractivity contribution is 7.17. The Bertz CT molecular complexity index is 902. The number of carboxylic acids is 1. The molecule has 0 aliphatic carbocycles. The molecule has 1 aromatic carbocycles. The number of amides is 1. The van der Waals surface area contributed by atoms with Crippen LogP contribution in [0.3, 0.4) is 0 Å². The number of nitrogens with one attached hydrogen (secondary N) is 1. The molecule has 0 saturated heterocycles. The first kappa shape index (κ1) is 15.5. The highest BCUT2D eigenvalue weighted by atomic mass is 35.5. The van der Waals surface area contributed by atoms with Crippen LogP contribution >= 0.6 is 22.9 Å². The predicted octanol–water partition coefficient (Wildman–Crippen LogP) is 3.25. The summed E-state index contributed by atoms with van der Waals surface area (Å²) in [6, 6.07) is 8.24. The third kappa shape index (κ3) is 3.06. The first-order valence-corrected chi connectivity index (χ1v) is 7.87. The highest BCUT2D eigenvalue weighted by Gasteiger charge is 2.17. The van der Waals surface area contributed by atoms with Gasteiger partial charge in [-0.15, -0.1) is 11.3 Å². The van der Waals surface area contributed by atoms with Crippen molar-refractivity contribution in [1.82, 2.24) is 14.9 Å². The van der Waals surface area contributed by atoms with Crippen molar-refractivity contribution in [3.8, 4) is 0 Å². The van der Waals surface area contributed by atoms with Crippen LogP contribution in [0.15, 0.2) is 30.3 Å². The van der Waals surface area contributed by atoms with E-state index in [-0.39, 0.29) is 18.0 Å². The third-order valence-corrected chi connectivity index (χ3v) is 4.53. The standard InChI is InChI=1S/C15H12ClN3O3S/c1-19(14(20)10-5-6-11(16)23-10)7-12-17-9-4-2-3-8(15(21)22)13(9)18-12/h2-6H,7H2,1H3,(H,17,18)(H,21,22). The summed E-state index contributed by atoms with van der Waals surface area (Å²) in [6.45, 7) is 0.238. The number of imidazole rings is 1. The number of carboxylic acid groups (broad SMARTS) is 1. The summed E-state index contributed by atoms with van der Waals surface area (Å²) in [6.07, 6.45) is 0. The number of halogens is 1. The van der Waals surface area contributed by atoms with Crippen LogP contribution in [0.1, 0.15) is 25.9 Å². The van der Waals surface area contributed by atoms with Crippen LogP contribution in [0, 0.1) is 0 Å². The molecule has 0 aliphatic heterocycles. The van der Waals surface area contributed by atoms with Crippen LogP contribution in [0.5, 0.6) is 0 Å². The van der Waals surface area contributed by atoms with Gasteiger partial charge in [-0.1, -0.05) is 17.7 Å². The molecule has 0 unspecified atom stereocenters. The van der Waals surface area contributed by atoms with Crippen molar-refractivity contribution in [2.24, 2.45) is 0 Å². The number of aromatic carboxylic acids is 1. The lowest BCUT2D eigenvalue weighted by atomic mass is 10.2. The molecule has 2 N–H and O–H groups in total. The number of H-pyrrole nitrogens is 1. The highest BCUT2D eigenvalue weighted by Crippen LogP contribution is 2.23. The van der Waals surface area contributed by atoms with E-state index in [9.17, 15) is 14.7 Å². The van der Waals surface area contributed by atoms with Crippen molar-refractivity contribution in [3.05, 3.63) is 50.9 Å². The minimum absolute atomic E-state index is 0.129. The molecule has 0 aliphatic rings. The van der Waals surface area contributed by atoms with Crippen molar-refractivity contribution in [1.29, 1.82) is 0 Å². The number of carbonyl (C=O) groups excluding carboxylic acids is 1. The molecule has 3 rings (SSSR count). The van der Waals surface area contributed by atoms with Gasteiger partial charge in [-0.05, 0) is 24.3 Å². The Kier molecular flexibility index (Phi) is 4.06. The van der Waals surface area contributed by atoms with Gasteiger partial charge in [-0.3, -0.25) is 4.79 Å². The van der Waals surface area contributed by atoms with Gasteiger partial charge in [0.2, 0.25) is 0 Å². The molecule has 0 fully saturated rings. The number of benzene rings is 1. The second kappa shape index (κ2) is 6.02. The smallest absolute Gasteiger partial charge is 0.337 e. The molecule has 3 aromatic rings. The third-order valence-electron chi connectivity index (χ3n) is 3.31. The van der Waals surface area contributed by atoms with Crippen LogP contribution in [0.25, 0.3) is 11.0 Å². The summed E-state index contributed by atoms with van der Waals surface area (Å²) in [4.78, 5) is 32.9. The number of hydrogen-bond donors (Lipinski definition) is 2. The molecule has 0 spiro atoms. The zero-order chi connectivity index (χ0) is 16.6. The van der Waals surface area contributed by atoms with Crippen LogP contribution in [-0.4, -0.2) is 38.9 Å². The van der Waals surface area contributed by atoms with Crippen molar-refractivity contribution < 1.29 is 14.7 Å². The maximum Gasteiger partial charge on any atom is 0.337 e. The number of aromatic amines is 1. The van der Waals surface area contributed by atoms with Gasteiger partial charge in [0.05, 0.1) is 26.8 Å². The van der Waals surface area contributed by atoms with E-state index in [1.165, 1.54) is 22.3 Å². The maximum atomic E-state index is 12.3. The summed E-state index contributed by atoms with van der Waals surface area (Å²) in [5.41, 5.74) is 1.14. The number of fused-ring (bicyclic) bond motifs is 1. The van der Waals surface area contributed by atoms with Gasteiger partial charge >= 0.3 is 5.97 Å². The predicted molar refractivity (Wildman–Crippen MR) is 88.2 cm³/mol. The molecular weight excluding hydrogens is 338 g/mol. The van der Waals surface area contributed by atoms with Crippen molar-refractivity contribution in [2.45, 2.75) is 6.54 Å². The normalized spacial score (nSPS) is 10.9. The van der Waals surface area contributed by atoms with E-state index in [0.717, 1.165) is 0 Å². The molecule has 1 amide bonds. The van der Waals surface area contributed by atoms with Crippen LogP contribution < -0.4 is 0 Å². The maximum absolute atomic E-state index is 12.3.